The predicted molar refractivity (Wildman–Crippen MR) is 87.7 cm³/mol. The molecule has 0 unspecified atom stereocenters. The largest absolute Gasteiger partial charge is 0.338 e. The van der Waals surface area contributed by atoms with Crippen LogP contribution in [0.5, 0.6) is 0 Å². The van der Waals surface area contributed by atoms with Crippen LogP contribution in [0.3, 0.4) is 0 Å². The van der Waals surface area contributed by atoms with Crippen molar-refractivity contribution in [1.82, 2.24) is 10.6 Å². The SMILES string of the molecule is C=C/C=C(\C=C)CCNC(=O)NCCC(/C=C\C)=C/C. The fraction of sp³-hybridized carbons (Fsp3) is 0.353. The Morgan fingerprint density at radius 1 is 1.05 bits per heavy atom. The van der Waals surface area contributed by atoms with Gasteiger partial charge in [-0.15, -0.1) is 0 Å². The number of carbonyl (C=O) groups excluding carboxylic acids is 1. The van der Waals surface area contributed by atoms with Crippen LogP contribution in [0.15, 0.2) is 60.8 Å². The van der Waals surface area contributed by atoms with Crippen molar-refractivity contribution in [2.24, 2.45) is 0 Å². The van der Waals surface area contributed by atoms with E-state index in [1.165, 1.54) is 5.57 Å². The van der Waals surface area contributed by atoms with Gasteiger partial charge in [0.15, 0.2) is 0 Å². The molecular weight excluding hydrogens is 248 g/mol. The van der Waals surface area contributed by atoms with Gasteiger partial charge in [-0.25, -0.2) is 4.79 Å². The lowest BCUT2D eigenvalue weighted by atomic mass is 10.1. The second-order valence-electron chi connectivity index (χ2n) is 4.23. The molecule has 0 heterocycles. The minimum absolute atomic E-state index is 0.136. The van der Waals surface area contributed by atoms with Gasteiger partial charge < -0.3 is 10.6 Å². The summed E-state index contributed by atoms with van der Waals surface area (Å²) in [5.74, 6) is 0. The number of nitrogens with one attached hydrogen (secondary N) is 2. The van der Waals surface area contributed by atoms with Crippen LogP contribution >= 0.6 is 0 Å². The molecule has 0 spiro atoms. The van der Waals surface area contributed by atoms with Gasteiger partial charge in [-0.1, -0.05) is 55.2 Å². The second kappa shape index (κ2) is 12.0. The van der Waals surface area contributed by atoms with Crippen LogP contribution in [0.2, 0.25) is 0 Å². The maximum atomic E-state index is 11.6. The summed E-state index contributed by atoms with van der Waals surface area (Å²) in [4.78, 5) is 11.6. The smallest absolute Gasteiger partial charge is 0.314 e. The number of allylic oxidation sites excluding steroid dienone is 6. The number of urea groups is 1. The lowest BCUT2D eigenvalue weighted by molar-refractivity contribution is 0.241. The van der Waals surface area contributed by atoms with Gasteiger partial charge in [0.2, 0.25) is 0 Å². The van der Waals surface area contributed by atoms with Crippen molar-refractivity contribution in [2.45, 2.75) is 26.7 Å². The van der Waals surface area contributed by atoms with Gasteiger partial charge in [0.05, 0.1) is 0 Å². The minimum Gasteiger partial charge on any atom is -0.338 e. The summed E-state index contributed by atoms with van der Waals surface area (Å²) in [7, 11) is 0. The highest BCUT2D eigenvalue weighted by molar-refractivity contribution is 5.73. The Labute approximate surface area is 122 Å². The van der Waals surface area contributed by atoms with E-state index in [1.807, 2.05) is 26.0 Å². The molecule has 0 aliphatic rings. The highest BCUT2D eigenvalue weighted by Crippen LogP contribution is 2.02. The van der Waals surface area contributed by atoms with Crippen molar-refractivity contribution in [3.05, 3.63) is 60.8 Å². The van der Waals surface area contributed by atoms with E-state index in [9.17, 15) is 4.79 Å². The average molecular weight is 274 g/mol. The number of carbonyl (C=O) groups is 1. The van der Waals surface area contributed by atoms with E-state index in [-0.39, 0.29) is 6.03 Å². The topological polar surface area (TPSA) is 41.1 Å². The molecule has 3 nitrogen and oxygen atoms in total. The first kappa shape index (κ1) is 18.0. The van der Waals surface area contributed by atoms with Crippen LogP contribution in [-0.2, 0) is 0 Å². The summed E-state index contributed by atoms with van der Waals surface area (Å²) in [6.07, 6.45) is 13.1. The molecule has 2 amide bonds. The molecule has 0 fully saturated rings. The average Bonchev–Trinajstić information content (AvgIpc) is 2.45. The van der Waals surface area contributed by atoms with E-state index in [2.05, 4.69) is 35.9 Å². The Morgan fingerprint density at radius 3 is 2.10 bits per heavy atom. The second-order valence-corrected chi connectivity index (χ2v) is 4.23. The molecule has 0 saturated carbocycles. The third-order valence-electron chi connectivity index (χ3n) is 2.74. The van der Waals surface area contributed by atoms with Crippen molar-refractivity contribution in [3.8, 4) is 0 Å². The third-order valence-corrected chi connectivity index (χ3v) is 2.74. The Bertz CT molecular complexity index is 403. The van der Waals surface area contributed by atoms with Crippen LogP contribution < -0.4 is 10.6 Å². The van der Waals surface area contributed by atoms with E-state index in [0.717, 1.165) is 18.4 Å². The number of amides is 2. The molecule has 0 aromatic heterocycles. The van der Waals surface area contributed by atoms with Crippen molar-refractivity contribution in [3.63, 3.8) is 0 Å². The summed E-state index contributed by atoms with van der Waals surface area (Å²) in [6, 6.07) is -0.136. The third kappa shape index (κ3) is 8.97. The normalized spacial score (nSPS) is 12.3. The van der Waals surface area contributed by atoms with E-state index in [0.29, 0.717) is 13.1 Å². The van der Waals surface area contributed by atoms with E-state index in [4.69, 9.17) is 0 Å². The molecule has 0 bridgehead atoms. The van der Waals surface area contributed by atoms with E-state index in [1.54, 1.807) is 12.2 Å². The predicted octanol–water partition coefficient (Wildman–Crippen LogP) is 3.89. The van der Waals surface area contributed by atoms with E-state index >= 15 is 0 Å². The Balaban J connectivity index is 3.87. The van der Waals surface area contributed by atoms with Crippen LogP contribution in [0.1, 0.15) is 26.7 Å². The van der Waals surface area contributed by atoms with Crippen molar-refractivity contribution < 1.29 is 4.79 Å². The highest BCUT2D eigenvalue weighted by atomic mass is 16.2. The van der Waals surface area contributed by atoms with Crippen molar-refractivity contribution >= 4 is 6.03 Å². The Kier molecular flexibility index (Phi) is 10.8. The molecular formula is C17H26N2O. The monoisotopic (exact) mass is 274 g/mol. The first-order valence-electron chi connectivity index (χ1n) is 6.91. The zero-order valence-electron chi connectivity index (χ0n) is 12.6. The van der Waals surface area contributed by atoms with E-state index < -0.39 is 0 Å². The van der Waals surface area contributed by atoms with Crippen LogP contribution in [0.25, 0.3) is 0 Å². The minimum atomic E-state index is -0.136. The molecule has 0 aliphatic carbocycles. The van der Waals surface area contributed by atoms with Crippen LogP contribution in [0.4, 0.5) is 4.79 Å². The fourth-order valence-corrected chi connectivity index (χ4v) is 1.65. The molecule has 20 heavy (non-hydrogen) atoms. The zero-order chi connectivity index (χ0) is 15.2. The molecule has 0 aromatic rings. The summed E-state index contributed by atoms with van der Waals surface area (Å²) in [5, 5.41) is 5.66. The first-order valence-corrected chi connectivity index (χ1v) is 6.91. The molecule has 110 valence electrons. The lowest BCUT2D eigenvalue weighted by Gasteiger charge is -2.08. The van der Waals surface area contributed by atoms with Crippen molar-refractivity contribution in [2.75, 3.05) is 13.1 Å². The Morgan fingerprint density at radius 2 is 1.65 bits per heavy atom. The van der Waals surface area contributed by atoms with Gasteiger partial charge in [0.25, 0.3) is 0 Å². The molecule has 0 rings (SSSR count). The molecule has 0 radical (unpaired) electrons. The number of hydrogen-bond acceptors (Lipinski definition) is 1. The summed E-state index contributed by atoms with van der Waals surface area (Å²) >= 11 is 0. The van der Waals surface area contributed by atoms with Crippen LogP contribution in [-0.4, -0.2) is 19.1 Å². The molecule has 0 saturated heterocycles. The molecule has 3 heteroatoms. The standard InChI is InChI=1S/C17H26N2O/c1-5-9-15(7-3)11-13-18-17(20)19-14-12-16(8-4)10-6-2/h5-10H,1,3,11-14H2,2,4H3,(H2,18,19,20)/b10-6-,15-9+,16-8+. The Hall–Kier alpha value is -2.03. The molecule has 0 aliphatic heterocycles. The van der Waals surface area contributed by atoms with Gasteiger partial charge in [-0.2, -0.15) is 0 Å². The summed E-state index contributed by atoms with van der Waals surface area (Å²) in [5.41, 5.74) is 2.28. The zero-order valence-corrected chi connectivity index (χ0v) is 12.6. The van der Waals surface area contributed by atoms with Crippen molar-refractivity contribution in [1.29, 1.82) is 0 Å². The highest BCUT2D eigenvalue weighted by Gasteiger charge is 1.99. The first-order chi connectivity index (χ1) is 9.67. The van der Waals surface area contributed by atoms with Gasteiger partial charge >= 0.3 is 6.03 Å². The maximum absolute atomic E-state index is 11.6. The van der Waals surface area contributed by atoms with Crippen LogP contribution in [0, 0.1) is 0 Å². The lowest BCUT2D eigenvalue weighted by Crippen LogP contribution is -2.36. The molecule has 0 aromatic carbocycles. The van der Waals surface area contributed by atoms with Gasteiger partial charge in [0.1, 0.15) is 0 Å². The fourth-order valence-electron chi connectivity index (χ4n) is 1.65. The van der Waals surface area contributed by atoms with Gasteiger partial charge in [-0.05, 0) is 32.3 Å². The summed E-state index contributed by atoms with van der Waals surface area (Å²) < 4.78 is 0. The molecule has 0 atom stereocenters. The molecule has 2 N–H and O–H groups in total. The van der Waals surface area contributed by atoms with Gasteiger partial charge in [-0.3, -0.25) is 0 Å². The maximum Gasteiger partial charge on any atom is 0.314 e. The number of hydrogen-bond donors (Lipinski definition) is 2. The summed E-state index contributed by atoms with van der Waals surface area (Å²) in [6.45, 7) is 12.6. The quantitative estimate of drug-likeness (QED) is 0.615. The van der Waals surface area contributed by atoms with Gasteiger partial charge in [0, 0.05) is 13.1 Å². The number of rotatable bonds is 9.